The molecule has 17 atom stereocenters. The maximum atomic E-state index is 12.3. The van der Waals surface area contributed by atoms with Gasteiger partial charge in [-0.05, 0) is 112 Å². The van der Waals surface area contributed by atoms with Crippen molar-refractivity contribution in [2.45, 2.75) is 181 Å². The van der Waals surface area contributed by atoms with Crippen molar-refractivity contribution >= 4 is 11.9 Å². The normalized spacial score (nSPS) is 47.5. The van der Waals surface area contributed by atoms with Crippen LogP contribution in [0.15, 0.2) is 0 Å². The Morgan fingerprint density at radius 1 is 0.887 bits per heavy atom. The molecule has 53 heavy (non-hydrogen) atoms. The van der Waals surface area contributed by atoms with Gasteiger partial charge in [0.25, 0.3) is 0 Å². The lowest BCUT2D eigenvalue weighted by molar-refractivity contribution is -0.344. The van der Waals surface area contributed by atoms with E-state index in [9.17, 15) is 35.1 Å². The third-order valence-corrected chi connectivity index (χ3v) is 16.7. The van der Waals surface area contributed by atoms with Crippen LogP contribution in [0.1, 0.15) is 120 Å². The average Bonchev–Trinajstić information content (AvgIpc) is 3.65. The van der Waals surface area contributed by atoms with E-state index in [1.54, 1.807) is 21.0 Å². The third kappa shape index (κ3) is 6.23. The summed E-state index contributed by atoms with van der Waals surface area (Å²) in [7, 11) is 1.55. The van der Waals surface area contributed by atoms with Gasteiger partial charge >= 0.3 is 11.9 Å². The minimum atomic E-state index is -1.57. The van der Waals surface area contributed by atoms with Gasteiger partial charge in [-0.3, -0.25) is 9.59 Å². The topological polar surface area (TPSA) is 181 Å². The van der Waals surface area contributed by atoms with Crippen LogP contribution in [-0.2, 0) is 33.3 Å². The zero-order valence-electron chi connectivity index (χ0n) is 33.7. The van der Waals surface area contributed by atoms with Gasteiger partial charge in [0.15, 0.2) is 6.29 Å². The highest BCUT2D eigenvalue weighted by atomic mass is 16.7. The van der Waals surface area contributed by atoms with Crippen molar-refractivity contribution in [1.82, 2.24) is 0 Å². The lowest BCUT2D eigenvalue weighted by Crippen LogP contribution is -2.68. The van der Waals surface area contributed by atoms with Gasteiger partial charge in [0.2, 0.25) is 0 Å². The van der Waals surface area contributed by atoms with Crippen LogP contribution in [0.25, 0.3) is 0 Å². The Kier molecular flexibility index (Phi) is 10.8. The molecule has 6 fully saturated rings. The van der Waals surface area contributed by atoms with Crippen LogP contribution in [0.5, 0.6) is 0 Å². The molecule has 0 aromatic heterocycles. The Morgan fingerprint density at radius 3 is 2.19 bits per heavy atom. The van der Waals surface area contributed by atoms with Crippen LogP contribution in [0, 0.1) is 50.7 Å². The van der Waals surface area contributed by atoms with Crippen molar-refractivity contribution in [2.24, 2.45) is 50.7 Å². The van der Waals surface area contributed by atoms with Crippen LogP contribution in [0.2, 0.25) is 0 Å². The summed E-state index contributed by atoms with van der Waals surface area (Å²) in [6, 6.07) is 0. The van der Waals surface area contributed by atoms with E-state index in [0.717, 1.165) is 44.9 Å². The molecule has 1 heterocycles. The first-order valence-electron chi connectivity index (χ1n) is 20.1. The molecule has 1 aliphatic heterocycles. The molecule has 12 heteroatoms. The molecule has 0 radical (unpaired) electrons. The maximum Gasteiger partial charge on any atom is 0.302 e. The number of rotatable bonds is 11. The number of hydrogen-bond acceptors (Lipinski definition) is 12. The summed E-state index contributed by atoms with van der Waals surface area (Å²) in [5.41, 5.74) is -1.74. The van der Waals surface area contributed by atoms with E-state index in [1.807, 2.05) is 0 Å². The van der Waals surface area contributed by atoms with Crippen LogP contribution in [0.3, 0.4) is 0 Å². The van der Waals surface area contributed by atoms with Crippen LogP contribution in [-0.4, -0.2) is 112 Å². The first kappa shape index (κ1) is 41.3. The summed E-state index contributed by atoms with van der Waals surface area (Å²) in [4.78, 5) is 23.9. The van der Waals surface area contributed by atoms with E-state index < -0.39 is 60.6 Å². The lowest BCUT2D eigenvalue weighted by atomic mass is 9.37. The number of fused-ring (bicyclic) bond motifs is 3. The first-order chi connectivity index (χ1) is 24.5. The number of methoxy groups -OCH3 is 1. The summed E-state index contributed by atoms with van der Waals surface area (Å²) in [5.74, 6) is -0.00419. The summed E-state index contributed by atoms with van der Waals surface area (Å²) in [5, 5.41) is 55.3. The fourth-order valence-corrected chi connectivity index (χ4v) is 13.8. The van der Waals surface area contributed by atoms with Gasteiger partial charge in [0, 0.05) is 31.8 Å². The molecular formula is C41H68O12. The zero-order valence-corrected chi connectivity index (χ0v) is 33.7. The Bertz CT molecular complexity index is 1390. The van der Waals surface area contributed by atoms with Crippen molar-refractivity contribution < 1.29 is 58.8 Å². The predicted molar refractivity (Wildman–Crippen MR) is 193 cm³/mol. The van der Waals surface area contributed by atoms with Gasteiger partial charge in [-0.25, -0.2) is 0 Å². The fraction of sp³-hybridized carbons (Fsp3) is 0.951. The van der Waals surface area contributed by atoms with Gasteiger partial charge in [-0.15, -0.1) is 0 Å². The van der Waals surface area contributed by atoms with E-state index in [2.05, 4.69) is 34.6 Å². The van der Waals surface area contributed by atoms with Gasteiger partial charge < -0.3 is 49.2 Å². The summed E-state index contributed by atoms with van der Waals surface area (Å²) >= 11 is 0. The van der Waals surface area contributed by atoms with E-state index >= 15 is 0 Å². The smallest absolute Gasteiger partial charge is 0.302 e. The molecule has 5 saturated carbocycles. The fourth-order valence-electron chi connectivity index (χ4n) is 13.8. The Hall–Kier alpha value is -1.38. The molecule has 304 valence electrons. The third-order valence-electron chi connectivity index (χ3n) is 16.7. The van der Waals surface area contributed by atoms with Gasteiger partial charge in [-0.2, -0.15) is 0 Å². The molecule has 6 aliphatic rings. The average molecular weight is 753 g/mol. The molecule has 5 aliphatic carbocycles. The van der Waals surface area contributed by atoms with Gasteiger partial charge in [-0.1, -0.05) is 34.6 Å². The Morgan fingerprint density at radius 2 is 1.57 bits per heavy atom. The highest BCUT2D eigenvalue weighted by molar-refractivity contribution is 5.66. The predicted octanol–water partition coefficient (Wildman–Crippen LogP) is 3.90. The SMILES string of the molecule is COC(C)(C)[C@H](O)[C@H](O)CC(C)[C@@H]1CC[C@]23C[C@]12CCC1[C@@]2(C)CC[C@@H](OC(C)=O)C(C)(C)C2C[C@@H](OC2OC(COC(C)=O)C(O)C(O)C2O)[C@]13C. The Labute approximate surface area is 315 Å². The zero-order chi connectivity index (χ0) is 39.3. The van der Waals surface area contributed by atoms with Gasteiger partial charge in [0.1, 0.15) is 43.2 Å². The number of hydrogen-bond donors (Lipinski definition) is 5. The van der Waals surface area contributed by atoms with E-state index in [4.69, 9.17) is 23.7 Å². The molecule has 0 amide bonds. The number of carbonyl (C=O) groups is 2. The molecule has 1 saturated heterocycles. The van der Waals surface area contributed by atoms with Crippen LogP contribution < -0.4 is 0 Å². The number of carbonyl (C=O) groups excluding carboxylic acids is 2. The van der Waals surface area contributed by atoms with Crippen LogP contribution in [0.4, 0.5) is 0 Å². The van der Waals surface area contributed by atoms with Crippen molar-refractivity contribution in [2.75, 3.05) is 13.7 Å². The van der Waals surface area contributed by atoms with E-state index in [0.29, 0.717) is 18.8 Å². The van der Waals surface area contributed by atoms with E-state index in [1.165, 1.54) is 13.8 Å². The van der Waals surface area contributed by atoms with Crippen molar-refractivity contribution in [1.29, 1.82) is 0 Å². The summed E-state index contributed by atoms with van der Waals surface area (Å²) < 4.78 is 29.8. The summed E-state index contributed by atoms with van der Waals surface area (Å²) in [6.07, 6.45) is -1.71. The molecular weight excluding hydrogens is 684 g/mol. The second-order valence-electron chi connectivity index (χ2n) is 19.7. The second-order valence-corrected chi connectivity index (χ2v) is 19.7. The van der Waals surface area contributed by atoms with Crippen molar-refractivity contribution in [3.05, 3.63) is 0 Å². The molecule has 5 N–H and O–H groups in total. The van der Waals surface area contributed by atoms with Crippen LogP contribution >= 0.6 is 0 Å². The molecule has 6 rings (SSSR count). The second kappa shape index (κ2) is 13.9. The monoisotopic (exact) mass is 752 g/mol. The number of aliphatic hydroxyl groups excluding tert-OH is 5. The quantitative estimate of drug-likeness (QED) is 0.152. The molecule has 0 spiro atoms. The first-order valence-corrected chi connectivity index (χ1v) is 20.1. The van der Waals surface area contributed by atoms with E-state index in [-0.39, 0.29) is 63.5 Å². The summed E-state index contributed by atoms with van der Waals surface area (Å²) in [6.45, 7) is 17.4. The highest BCUT2D eigenvalue weighted by Crippen LogP contribution is 2.91. The van der Waals surface area contributed by atoms with Gasteiger partial charge in [0.05, 0.1) is 17.8 Å². The van der Waals surface area contributed by atoms with Crippen molar-refractivity contribution in [3.63, 3.8) is 0 Å². The lowest BCUT2D eigenvalue weighted by Gasteiger charge is -2.69. The largest absolute Gasteiger partial charge is 0.463 e. The Balaban J connectivity index is 1.35. The maximum absolute atomic E-state index is 12.3. The standard InChI is InChI=1S/C41H68O12/c1-21(17-25(44)34(48)37(6,7)49-10)24-11-16-41-20-40(24,41)15-12-27-38(8)14-13-29(51-23(3)43)36(4,5)28(38)18-30(39(27,41)9)53-35-33(47)32(46)31(45)26(52-35)19-50-22(2)42/h21,24-35,44-48H,11-20H2,1-10H3/t21?,24-,25+,26?,27?,28?,29+,30+,31?,32?,33?,34+,35?,38+,39-,40+,41+/m0/s1. The molecule has 0 aromatic carbocycles. The number of esters is 2. The number of aliphatic hydroxyl groups is 5. The highest BCUT2D eigenvalue weighted by Gasteiger charge is 2.85. The van der Waals surface area contributed by atoms with Crippen molar-refractivity contribution in [3.8, 4) is 0 Å². The minimum absolute atomic E-state index is 0.0357. The molecule has 8 unspecified atom stereocenters. The molecule has 0 bridgehead atoms. The molecule has 0 aromatic rings. The minimum Gasteiger partial charge on any atom is -0.463 e. The molecule has 12 nitrogen and oxygen atoms in total. The number of ether oxygens (including phenoxy) is 5.